The molecule has 0 aromatic carbocycles. The minimum Gasteiger partial charge on any atom is -0.103 e. The molecule has 15 heavy (non-hydrogen) atoms. The summed E-state index contributed by atoms with van der Waals surface area (Å²) in [6.45, 7) is 2.27. The zero-order valence-corrected chi connectivity index (χ0v) is 10.4. The molecule has 0 heteroatoms. The van der Waals surface area contributed by atoms with Gasteiger partial charge in [-0.05, 0) is 19.3 Å². The lowest BCUT2D eigenvalue weighted by Gasteiger charge is -1.97. The zero-order valence-electron chi connectivity index (χ0n) is 10.4. The highest BCUT2D eigenvalue weighted by Crippen LogP contribution is 2.23. The van der Waals surface area contributed by atoms with E-state index in [0.29, 0.717) is 0 Å². The monoisotopic (exact) mass is 206 g/mol. The smallest absolute Gasteiger partial charge is 0.0202 e. The largest absolute Gasteiger partial charge is 0.103 e. The van der Waals surface area contributed by atoms with E-state index >= 15 is 0 Å². The van der Waals surface area contributed by atoms with Crippen LogP contribution in [0.4, 0.5) is 0 Å². The zero-order chi connectivity index (χ0) is 10.8. The quantitative estimate of drug-likeness (QED) is 0.427. The van der Waals surface area contributed by atoms with Crippen molar-refractivity contribution in [2.75, 3.05) is 0 Å². The second kappa shape index (κ2) is 8.84. The Kier molecular flexibility index (Phi) is 7.44. The van der Waals surface area contributed by atoms with Gasteiger partial charge in [0.15, 0.2) is 0 Å². The maximum absolute atomic E-state index is 3.43. The molecule has 1 rings (SSSR count). The molecule has 1 aliphatic carbocycles. The fourth-order valence-corrected chi connectivity index (χ4v) is 2.28. The Morgan fingerprint density at radius 2 is 1.60 bits per heavy atom. The van der Waals surface area contributed by atoms with Gasteiger partial charge in [-0.1, -0.05) is 57.8 Å². The summed E-state index contributed by atoms with van der Waals surface area (Å²) in [5.41, 5.74) is 0. The minimum absolute atomic E-state index is 0.755. The minimum atomic E-state index is 0.755. The molecule has 0 nitrogen and oxygen atoms in total. The van der Waals surface area contributed by atoms with Crippen LogP contribution in [0.15, 0.2) is 0 Å². The van der Waals surface area contributed by atoms with Crippen molar-refractivity contribution < 1.29 is 0 Å². The Hall–Kier alpha value is -0.440. The molecule has 1 fully saturated rings. The summed E-state index contributed by atoms with van der Waals surface area (Å²) in [6, 6.07) is 0. The highest BCUT2D eigenvalue weighted by atomic mass is 14.1. The van der Waals surface area contributed by atoms with Gasteiger partial charge < -0.3 is 0 Å². The van der Waals surface area contributed by atoms with E-state index < -0.39 is 0 Å². The van der Waals surface area contributed by atoms with Crippen molar-refractivity contribution in [1.82, 2.24) is 0 Å². The highest BCUT2D eigenvalue weighted by molar-refractivity contribution is 5.04. The van der Waals surface area contributed by atoms with Crippen LogP contribution in [0, 0.1) is 17.8 Å². The van der Waals surface area contributed by atoms with Gasteiger partial charge in [0.1, 0.15) is 0 Å². The molecule has 0 saturated heterocycles. The Bertz CT molecular complexity index is 188. The number of hydrogen-bond donors (Lipinski definition) is 0. The fourth-order valence-electron chi connectivity index (χ4n) is 2.28. The van der Waals surface area contributed by atoms with E-state index in [2.05, 4.69) is 18.8 Å². The topological polar surface area (TPSA) is 0 Å². The molecular formula is C15H26. The van der Waals surface area contributed by atoms with Crippen LogP contribution < -0.4 is 0 Å². The van der Waals surface area contributed by atoms with Crippen molar-refractivity contribution in [3.8, 4) is 11.8 Å². The van der Waals surface area contributed by atoms with Crippen molar-refractivity contribution in [1.29, 1.82) is 0 Å². The normalized spacial score (nSPS) is 16.3. The van der Waals surface area contributed by atoms with Crippen LogP contribution in [0.1, 0.15) is 77.6 Å². The Balaban J connectivity index is 1.87. The van der Waals surface area contributed by atoms with Crippen LogP contribution in [0.5, 0.6) is 0 Å². The maximum atomic E-state index is 3.43. The molecule has 0 unspecified atom stereocenters. The van der Waals surface area contributed by atoms with Gasteiger partial charge in [0.05, 0.1) is 0 Å². The van der Waals surface area contributed by atoms with E-state index in [0.717, 1.165) is 12.3 Å². The van der Waals surface area contributed by atoms with E-state index in [9.17, 15) is 0 Å². The molecule has 0 aliphatic heterocycles. The molecule has 0 aromatic heterocycles. The predicted molar refractivity (Wildman–Crippen MR) is 67.7 cm³/mol. The number of hydrogen-bond acceptors (Lipinski definition) is 0. The molecule has 0 radical (unpaired) electrons. The van der Waals surface area contributed by atoms with Crippen LogP contribution in [-0.2, 0) is 0 Å². The first-order chi connectivity index (χ1) is 7.43. The van der Waals surface area contributed by atoms with E-state index in [1.54, 1.807) is 0 Å². The lowest BCUT2D eigenvalue weighted by molar-refractivity contribution is 0.613. The molecule has 0 atom stereocenters. The number of rotatable bonds is 6. The van der Waals surface area contributed by atoms with Gasteiger partial charge in [-0.3, -0.25) is 0 Å². The molecule has 0 heterocycles. The predicted octanol–water partition coefficient (Wildman–Crippen LogP) is 4.93. The van der Waals surface area contributed by atoms with Crippen molar-refractivity contribution in [2.45, 2.75) is 77.6 Å². The first kappa shape index (κ1) is 12.6. The lowest BCUT2D eigenvalue weighted by atomic mass is 10.1. The Morgan fingerprint density at radius 1 is 0.933 bits per heavy atom. The SMILES string of the molecule is CCCCCCCCC#CC1CCCC1. The molecule has 0 bridgehead atoms. The molecule has 86 valence electrons. The standard InChI is InChI=1S/C15H26/c1-2-3-4-5-6-7-8-9-12-15-13-10-11-14-15/h15H,2-8,10-11,13-14H2,1H3. The first-order valence-electron chi connectivity index (χ1n) is 6.92. The van der Waals surface area contributed by atoms with Crippen LogP contribution >= 0.6 is 0 Å². The van der Waals surface area contributed by atoms with E-state index in [-0.39, 0.29) is 0 Å². The second-order valence-corrected chi connectivity index (χ2v) is 4.82. The van der Waals surface area contributed by atoms with E-state index in [1.165, 1.54) is 64.2 Å². The third kappa shape index (κ3) is 6.61. The van der Waals surface area contributed by atoms with Crippen molar-refractivity contribution in [2.24, 2.45) is 5.92 Å². The van der Waals surface area contributed by atoms with E-state index in [1.807, 2.05) is 0 Å². The molecule has 0 spiro atoms. The summed E-state index contributed by atoms with van der Waals surface area (Å²) in [6.07, 6.45) is 15.0. The van der Waals surface area contributed by atoms with Crippen LogP contribution in [0.3, 0.4) is 0 Å². The lowest BCUT2D eigenvalue weighted by Crippen LogP contribution is -1.86. The van der Waals surface area contributed by atoms with Crippen LogP contribution in [0.25, 0.3) is 0 Å². The van der Waals surface area contributed by atoms with E-state index in [4.69, 9.17) is 0 Å². The van der Waals surface area contributed by atoms with Gasteiger partial charge in [0.25, 0.3) is 0 Å². The molecule has 0 N–H and O–H groups in total. The van der Waals surface area contributed by atoms with Crippen LogP contribution in [0.2, 0.25) is 0 Å². The second-order valence-electron chi connectivity index (χ2n) is 4.82. The van der Waals surface area contributed by atoms with Gasteiger partial charge in [-0.2, -0.15) is 0 Å². The highest BCUT2D eigenvalue weighted by Gasteiger charge is 2.10. The van der Waals surface area contributed by atoms with Crippen LogP contribution in [-0.4, -0.2) is 0 Å². The fraction of sp³-hybridized carbons (Fsp3) is 0.867. The van der Waals surface area contributed by atoms with Gasteiger partial charge in [-0.25, -0.2) is 0 Å². The van der Waals surface area contributed by atoms with Crippen molar-refractivity contribution in [3.63, 3.8) is 0 Å². The average molecular weight is 206 g/mol. The Labute approximate surface area is 95.8 Å². The molecule has 0 amide bonds. The third-order valence-corrected chi connectivity index (χ3v) is 3.32. The summed E-state index contributed by atoms with van der Waals surface area (Å²) < 4.78 is 0. The first-order valence-corrected chi connectivity index (χ1v) is 6.92. The van der Waals surface area contributed by atoms with Gasteiger partial charge >= 0.3 is 0 Å². The van der Waals surface area contributed by atoms with Gasteiger partial charge in [0.2, 0.25) is 0 Å². The number of unbranched alkanes of at least 4 members (excludes halogenated alkanes) is 6. The molecule has 1 aliphatic rings. The Morgan fingerprint density at radius 3 is 2.33 bits per heavy atom. The maximum Gasteiger partial charge on any atom is 0.0202 e. The average Bonchev–Trinajstić information content (AvgIpc) is 2.75. The summed E-state index contributed by atoms with van der Waals surface area (Å²) in [5.74, 6) is 7.56. The summed E-state index contributed by atoms with van der Waals surface area (Å²) in [5, 5.41) is 0. The summed E-state index contributed by atoms with van der Waals surface area (Å²) in [7, 11) is 0. The molecule has 0 aromatic rings. The summed E-state index contributed by atoms with van der Waals surface area (Å²) in [4.78, 5) is 0. The summed E-state index contributed by atoms with van der Waals surface area (Å²) >= 11 is 0. The van der Waals surface area contributed by atoms with Crippen molar-refractivity contribution >= 4 is 0 Å². The molecule has 1 saturated carbocycles. The molecular weight excluding hydrogens is 180 g/mol. The van der Waals surface area contributed by atoms with Gasteiger partial charge in [0, 0.05) is 12.3 Å². The van der Waals surface area contributed by atoms with Crippen molar-refractivity contribution in [3.05, 3.63) is 0 Å². The van der Waals surface area contributed by atoms with Gasteiger partial charge in [-0.15, -0.1) is 5.92 Å². The third-order valence-electron chi connectivity index (χ3n) is 3.32.